The van der Waals surface area contributed by atoms with Crippen molar-refractivity contribution in [2.45, 2.75) is 31.7 Å². The molecule has 2 aromatic rings. The maximum atomic E-state index is 11.5. The van der Waals surface area contributed by atoms with Crippen molar-refractivity contribution in [3.8, 4) is 0 Å². The van der Waals surface area contributed by atoms with Gasteiger partial charge < -0.3 is 27.0 Å². The molecule has 2 heterocycles. The lowest BCUT2D eigenvalue weighted by molar-refractivity contribution is -0.106. The molecule has 0 spiro atoms. The van der Waals surface area contributed by atoms with Crippen molar-refractivity contribution in [3.63, 3.8) is 0 Å². The lowest BCUT2D eigenvalue weighted by atomic mass is 10.2. The molecule has 1 saturated carbocycles. The van der Waals surface area contributed by atoms with Crippen LogP contribution in [0.3, 0.4) is 0 Å². The smallest absolute Gasteiger partial charge is 0.254 e. The van der Waals surface area contributed by atoms with Crippen molar-refractivity contribution >= 4 is 35.5 Å². The molecule has 2 amide bonds. The van der Waals surface area contributed by atoms with E-state index in [1.165, 1.54) is 24.7 Å². The average molecular weight is 383 g/mol. The predicted octanol–water partition coefficient (Wildman–Crippen LogP) is 1.60. The number of benzene rings is 1. The number of nitrogens with one attached hydrogen (secondary N) is 2. The van der Waals surface area contributed by atoms with Crippen molar-refractivity contribution in [3.05, 3.63) is 36.0 Å². The van der Waals surface area contributed by atoms with Crippen LogP contribution in [-0.4, -0.2) is 41.4 Å². The minimum atomic E-state index is -0.523. The summed E-state index contributed by atoms with van der Waals surface area (Å²) in [6, 6.07) is 8.63. The van der Waals surface area contributed by atoms with Crippen molar-refractivity contribution in [1.29, 1.82) is 0 Å². The standard InChI is InChI=1S/C18H22N6O.CH3NO/c19-16(25)15-11-20-18(23-17(15)21-12-3-4-12)22-13-5-7-14(8-6-13)24-9-1-2-10-24;2-1-3/h5-8,11-12H,1-4,9-10H2,(H2,19,25)(H2,20,21,22,23);1H,(H2,2,3). The lowest BCUT2D eigenvalue weighted by Gasteiger charge is -2.18. The Kier molecular flexibility index (Phi) is 6.25. The van der Waals surface area contributed by atoms with Gasteiger partial charge in [0.25, 0.3) is 5.91 Å². The van der Waals surface area contributed by atoms with Gasteiger partial charge in [-0.05, 0) is 49.9 Å². The molecule has 148 valence electrons. The Hall–Kier alpha value is -3.36. The summed E-state index contributed by atoms with van der Waals surface area (Å²) in [5.74, 6) is 0.424. The van der Waals surface area contributed by atoms with Gasteiger partial charge in [-0.2, -0.15) is 4.98 Å². The molecule has 1 aromatic heterocycles. The summed E-state index contributed by atoms with van der Waals surface area (Å²) >= 11 is 0. The number of nitrogens with zero attached hydrogens (tertiary/aromatic N) is 3. The van der Waals surface area contributed by atoms with Gasteiger partial charge in [0.1, 0.15) is 5.82 Å². The van der Waals surface area contributed by atoms with Gasteiger partial charge in [-0.15, -0.1) is 0 Å². The summed E-state index contributed by atoms with van der Waals surface area (Å²) < 4.78 is 0. The molecule has 0 atom stereocenters. The van der Waals surface area contributed by atoms with E-state index in [9.17, 15) is 4.79 Å². The molecule has 2 aliphatic rings. The molecule has 9 nitrogen and oxygen atoms in total. The number of nitrogens with two attached hydrogens (primary N) is 2. The van der Waals surface area contributed by atoms with Gasteiger partial charge >= 0.3 is 0 Å². The van der Waals surface area contributed by atoms with Gasteiger partial charge in [0.15, 0.2) is 0 Å². The Morgan fingerprint density at radius 2 is 1.82 bits per heavy atom. The van der Waals surface area contributed by atoms with E-state index in [2.05, 4.69) is 43.4 Å². The highest BCUT2D eigenvalue weighted by molar-refractivity contribution is 5.97. The summed E-state index contributed by atoms with van der Waals surface area (Å²) in [5.41, 5.74) is 12.0. The first-order valence-corrected chi connectivity index (χ1v) is 9.31. The Balaban J connectivity index is 0.000000706. The Labute approximate surface area is 163 Å². The van der Waals surface area contributed by atoms with Crippen molar-refractivity contribution in [1.82, 2.24) is 9.97 Å². The van der Waals surface area contributed by atoms with Crippen LogP contribution in [0.2, 0.25) is 0 Å². The number of anilines is 4. The third-order valence-electron chi connectivity index (χ3n) is 4.57. The summed E-state index contributed by atoms with van der Waals surface area (Å²) in [6.45, 7) is 2.25. The molecule has 1 aliphatic heterocycles. The number of carbonyl (C=O) groups excluding carboxylic acids is 2. The third kappa shape index (κ3) is 5.09. The van der Waals surface area contributed by atoms with Gasteiger partial charge in [0, 0.05) is 36.7 Å². The van der Waals surface area contributed by atoms with E-state index in [1.54, 1.807) is 0 Å². The molecule has 0 radical (unpaired) electrons. The van der Waals surface area contributed by atoms with Crippen molar-refractivity contribution in [2.24, 2.45) is 11.5 Å². The summed E-state index contributed by atoms with van der Waals surface area (Å²) in [7, 11) is 0. The first-order chi connectivity index (χ1) is 13.6. The molecule has 1 saturated heterocycles. The van der Waals surface area contributed by atoms with Gasteiger partial charge in [0.05, 0.1) is 5.56 Å². The maximum Gasteiger partial charge on any atom is 0.254 e. The number of aromatic nitrogens is 2. The van der Waals surface area contributed by atoms with E-state index < -0.39 is 5.91 Å². The molecular formula is C19H25N7O2. The van der Waals surface area contributed by atoms with Gasteiger partial charge in [-0.1, -0.05) is 0 Å². The van der Waals surface area contributed by atoms with E-state index >= 15 is 0 Å². The van der Waals surface area contributed by atoms with Crippen LogP contribution in [0, 0.1) is 0 Å². The monoisotopic (exact) mass is 383 g/mol. The SMILES string of the molecule is NC(=O)c1cnc(Nc2ccc(N3CCCC3)cc2)nc1NC1CC1.NC=O. The number of hydrogen-bond acceptors (Lipinski definition) is 7. The van der Waals surface area contributed by atoms with E-state index in [-0.39, 0.29) is 6.41 Å². The number of rotatable bonds is 6. The first-order valence-electron chi connectivity index (χ1n) is 9.31. The molecule has 4 rings (SSSR count). The summed E-state index contributed by atoms with van der Waals surface area (Å²) in [6.07, 6.45) is 6.42. The second-order valence-corrected chi connectivity index (χ2v) is 6.74. The van der Waals surface area contributed by atoms with Crippen molar-refractivity contribution in [2.75, 3.05) is 28.6 Å². The lowest BCUT2D eigenvalue weighted by Crippen LogP contribution is -2.18. The van der Waals surface area contributed by atoms with E-state index in [0.29, 0.717) is 23.4 Å². The van der Waals surface area contributed by atoms with Gasteiger partial charge in [-0.3, -0.25) is 9.59 Å². The average Bonchev–Trinajstić information content (AvgIpc) is 3.32. The van der Waals surface area contributed by atoms with E-state index in [4.69, 9.17) is 10.5 Å². The Morgan fingerprint density at radius 1 is 1.18 bits per heavy atom. The van der Waals surface area contributed by atoms with Crippen LogP contribution in [0.4, 0.5) is 23.1 Å². The molecule has 0 bridgehead atoms. The zero-order chi connectivity index (χ0) is 19.9. The zero-order valence-corrected chi connectivity index (χ0v) is 15.6. The van der Waals surface area contributed by atoms with Crippen LogP contribution < -0.4 is 27.0 Å². The quantitative estimate of drug-likeness (QED) is 0.555. The Morgan fingerprint density at radius 3 is 2.39 bits per heavy atom. The molecule has 28 heavy (non-hydrogen) atoms. The molecule has 6 N–H and O–H groups in total. The number of carbonyl (C=O) groups is 2. The highest BCUT2D eigenvalue weighted by Crippen LogP contribution is 2.27. The fraction of sp³-hybridized carbons (Fsp3) is 0.368. The van der Waals surface area contributed by atoms with Crippen LogP contribution in [0.15, 0.2) is 30.5 Å². The zero-order valence-electron chi connectivity index (χ0n) is 15.6. The van der Waals surface area contributed by atoms with Gasteiger partial charge in [-0.25, -0.2) is 4.98 Å². The predicted molar refractivity (Wildman–Crippen MR) is 109 cm³/mol. The second-order valence-electron chi connectivity index (χ2n) is 6.74. The summed E-state index contributed by atoms with van der Waals surface area (Å²) in [4.78, 5) is 31.1. The third-order valence-corrected chi connectivity index (χ3v) is 4.57. The molecule has 1 aromatic carbocycles. The second kappa shape index (κ2) is 9.03. The molecule has 0 unspecified atom stereocenters. The number of hydrogen-bond donors (Lipinski definition) is 4. The van der Waals surface area contributed by atoms with Crippen molar-refractivity contribution < 1.29 is 9.59 Å². The van der Waals surface area contributed by atoms with Crippen LogP contribution in [0.5, 0.6) is 0 Å². The molecule has 2 fully saturated rings. The van der Waals surface area contributed by atoms with E-state index in [1.807, 2.05) is 12.1 Å². The number of amides is 2. The van der Waals surface area contributed by atoms with Gasteiger partial charge in [0.2, 0.25) is 12.4 Å². The molecule has 9 heteroatoms. The molecular weight excluding hydrogens is 358 g/mol. The summed E-state index contributed by atoms with van der Waals surface area (Å²) in [5, 5.41) is 6.43. The largest absolute Gasteiger partial charge is 0.372 e. The van der Waals surface area contributed by atoms with Crippen LogP contribution in [0.1, 0.15) is 36.0 Å². The van der Waals surface area contributed by atoms with Crippen LogP contribution in [0.25, 0.3) is 0 Å². The highest BCUT2D eigenvalue weighted by Gasteiger charge is 2.24. The van der Waals surface area contributed by atoms with Crippen LogP contribution >= 0.6 is 0 Å². The van der Waals surface area contributed by atoms with Crippen LogP contribution in [-0.2, 0) is 4.79 Å². The van der Waals surface area contributed by atoms with E-state index in [0.717, 1.165) is 31.6 Å². The highest BCUT2D eigenvalue weighted by atomic mass is 16.1. The molecule has 1 aliphatic carbocycles. The maximum absolute atomic E-state index is 11.5. The normalized spacial score (nSPS) is 15.4. The minimum Gasteiger partial charge on any atom is -0.372 e. The topological polar surface area (TPSA) is 139 Å². The minimum absolute atomic E-state index is 0.250. The fourth-order valence-electron chi connectivity index (χ4n) is 3.01. The number of primary amides is 2. The Bertz CT molecular complexity index is 816. The first kappa shape index (κ1) is 19.4. The fourth-order valence-corrected chi connectivity index (χ4v) is 3.01.